The maximum atomic E-state index is 5.88. The van der Waals surface area contributed by atoms with Crippen LogP contribution in [0.15, 0.2) is 115 Å². The third-order valence-electron chi connectivity index (χ3n) is 5.25. The fourth-order valence-electron chi connectivity index (χ4n) is 3.99. The van der Waals surface area contributed by atoms with Crippen molar-refractivity contribution in [3.8, 4) is 0 Å². The zero-order valence-electron chi connectivity index (χ0n) is 16.7. The van der Waals surface area contributed by atoms with Gasteiger partial charge in [-0.2, -0.15) is 0 Å². The van der Waals surface area contributed by atoms with E-state index in [2.05, 4.69) is 122 Å². The minimum absolute atomic E-state index is 0.626. The van der Waals surface area contributed by atoms with E-state index in [0.717, 1.165) is 0 Å². The molecule has 0 fully saturated rings. The minimum Gasteiger partial charge on any atom is -0.377 e. The molecule has 4 aromatic carbocycles. The minimum atomic E-state index is -2.06. The van der Waals surface area contributed by atoms with E-state index in [1.807, 2.05) is 0 Å². The second kappa shape index (κ2) is 9.18. The van der Waals surface area contributed by atoms with Gasteiger partial charge in [-0.15, -0.1) is 0 Å². The van der Waals surface area contributed by atoms with Crippen molar-refractivity contribution in [2.75, 3.05) is 6.61 Å². The van der Waals surface area contributed by atoms with Crippen LogP contribution in [0.5, 0.6) is 0 Å². The zero-order chi connectivity index (χ0) is 19.9. The number of ether oxygens (including phenoxy) is 1. The first-order chi connectivity index (χ1) is 14.4. The predicted molar refractivity (Wildman–Crippen MR) is 127 cm³/mol. The van der Waals surface area contributed by atoms with Gasteiger partial charge < -0.3 is 4.74 Å². The van der Waals surface area contributed by atoms with Crippen LogP contribution in [-0.4, -0.2) is 6.61 Å². The average Bonchev–Trinajstić information content (AvgIpc) is 2.81. The zero-order valence-corrected chi connectivity index (χ0v) is 17.6. The molecule has 29 heavy (non-hydrogen) atoms. The van der Waals surface area contributed by atoms with E-state index in [4.69, 9.17) is 4.74 Å². The van der Waals surface area contributed by atoms with E-state index in [0.29, 0.717) is 13.2 Å². The fourth-order valence-corrected chi connectivity index (χ4v) is 8.46. The predicted octanol–water partition coefficient (Wildman–Crippen LogP) is 4.84. The van der Waals surface area contributed by atoms with Gasteiger partial charge in [-0.3, -0.25) is 0 Å². The molecule has 0 atom stereocenters. The van der Waals surface area contributed by atoms with E-state index in [-0.39, 0.29) is 0 Å². The summed E-state index contributed by atoms with van der Waals surface area (Å²) in [5.41, 5.74) is 1.26. The molecule has 0 radical (unpaired) electrons. The molecule has 0 amide bonds. The lowest BCUT2D eigenvalue weighted by Gasteiger charge is -2.29. The lowest BCUT2D eigenvalue weighted by Crippen LogP contribution is -2.40. The molecule has 4 rings (SSSR count). The first-order valence-corrected chi connectivity index (χ1v) is 11.9. The Morgan fingerprint density at radius 2 is 0.966 bits per heavy atom. The Balaban J connectivity index is 2.10. The van der Waals surface area contributed by atoms with Gasteiger partial charge in [-0.05, 0) is 49.4 Å². The summed E-state index contributed by atoms with van der Waals surface area (Å²) < 4.78 is 5.88. The van der Waals surface area contributed by atoms with Gasteiger partial charge in [0.05, 0.1) is 6.61 Å². The monoisotopic (exact) mass is 397 g/mol. The molecule has 1 nitrogen and oxygen atoms in total. The first-order valence-electron chi connectivity index (χ1n) is 10.1. The Labute approximate surface area is 174 Å². The summed E-state index contributed by atoms with van der Waals surface area (Å²) in [7, 11) is -2.06. The lowest BCUT2D eigenvalue weighted by molar-refractivity contribution is 0.134. The molecule has 0 spiro atoms. The van der Waals surface area contributed by atoms with Crippen molar-refractivity contribution < 1.29 is 4.74 Å². The van der Waals surface area contributed by atoms with Crippen LogP contribution in [0.1, 0.15) is 12.5 Å². The Morgan fingerprint density at radius 3 is 1.41 bits per heavy atom. The second-order valence-electron chi connectivity index (χ2n) is 6.94. The van der Waals surface area contributed by atoms with Gasteiger partial charge in [0.2, 0.25) is 0 Å². The highest BCUT2D eigenvalue weighted by Gasteiger charge is 2.48. The SMILES string of the molecule is CCOCc1ccccc1[P+](c1ccccc1)(c1ccccc1)c1ccccc1. The quantitative estimate of drug-likeness (QED) is 0.406. The molecular formula is C27H26OP+. The van der Waals surface area contributed by atoms with Crippen molar-refractivity contribution in [1.82, 2.24) is 0 Å². The molecule has 0 aromatic heterocycles. The molecule has 0 unspecified atom stereocenters. The maximum absolute atomic E-state index is 5.88. The van der Waals surface area contributed by atoms with Crippen LogP contribution in [0.4, 0.5) is 0 Å². The van der Waals surface area contributed by atoms with Gasteiger partial charge in [0.25, 0.3) is 0 Å². The Morgan fingerprint density at radius 1 is 0.552 bits per heavy atom. The highest BCUT2D eigenvalue weighted by molar-refractivity contribution is 8.01. The van der Waals surface area contributed by atoms with Gasteiger partial charge in [0.15, 0.2) is 0 Å². The maximum Gasteiger partial charge on any atom is 0.144 e. The van der Waals surface area contributed by atoms with Crippen LogP contribution < -0.4 is 21.2 Å². The van der Waals surface area contributed by atoms with Crippen LogP contribution in [0, 0.1) is 0 Å². The number of rotatable bonds is 7. The normalized spacial score (nSPS) is 11.3. The third-order valence-corrected chi connectivity index (χ3v) is 9.62. The van der Waals surface area contributed by atoms with Crippen LogP contribution in [0.2, 0.25) is 0 Å². The molecule has 0 aliphatic heterocycles. The van der Waals surface area contributed by atoms with E-state index < -0.39 is 7.26 Å². The Bertz CT molecular complexity index is 933. The third kappa shape index (κ3) is 3.77. The molecule has 2 heteroatoms. The van der Waals surface area contributed by atoms with Crippen LogP contribution in [0.25, 0.3) is 0 Å². The molecular weight excluding hydrogens is 371 g/mol. The summed E-state index contributed by atoms with van der Waals surface area (Å²) in [5.74, 6) is 0. The van der Waals surface area contributed by atoms with Crippen molar-refractivity contribution >= 4 is 28.5 Å². The molecule has 144 valence electrons. The van der Waals surface area contributed by atoms with Gasteiger partial charge in [0.1, 0.15) is 28.5 Å². The Hall–Kier alpha value is -2.73. The number of hydrogen-bond acceptors (Lipinski definition) is 1. The molecule has 0 aliphatic rings. The molecule has 0 bridgehead atoms. The summed E-state index contributed by atoms with van der Waals surface area (Å²) in [6.07, 6.45) is 0. The number of benzene rings is 4. The first kappa shape index (κ1) is 19.6. The smallest absolute Gasteiger partial charge is 0.144 e. The van der Waals surface area contributed by atoms with Crippen molar-refractivity contribution in [2.24, 2.45) is 0 Å². The number of hydrogen-bond donors (Lipinski definition) is 0. The molecule has 0 heterocycles. The van der Waals surface area contributed by atoms with Gasteiger partial charge >= 0.3 is 0 Å². The van der Waals surface area contributed by atoms with Gasteiger partial charge in [-0.25, -0.2) is 0 Å². The fraction of sp³-hybridized carbons (Fsp3) is 0.111. The van der Waals surface area contributed by atoms with Crippen LogP contribution >= 0.6 is 7.26 Å². The lowest BCUT2D eigenvalue weighted by atomic mass is 10.2. The standard InChI is InChI=1S/C27H26OP/c1-2-28-22-23-14-12-13-21-27(23)29(24-15-6-3-7-16-24,25-17-8-4-9-18-25)26-19-10-5-11-20-26/h3-21H,2,22H2,1H3/q+1. The van der Waals surface area contributed by atoms with Crippen molar-refractivity contribution in [1.29, 1.82) is 0 Å². The highest BCUT2D eigenvalue weighted by Crippen LogP contribution is 2.54. The molecule has 0 saturated carbocycles. The van der Waals surface area contributed by atoms with Gasteiger partial charge in [-0.1, -0.05) is 72.8 Å². The van der Waals surface area contributed by atoms with Crippen molar-refractivity contribution in [3.63, 3.8) is 0 Å². The van der Waals surface area contributed by atoms with E-state index in [1.54, 1.807) is 0 Å². The molecule has 0 N–H and O–H groups in total. The summed E-state index contributed by atoms with van der Waals surface area (Å²) in [6.45, 7) is 3.39. The largest absolute Gasteiger partial charge is 0.377 e. The summed E-state index contributed by atoms with van der Waals surface area (Å²) in [4.78, 5) is 0. The van der Waals surface area contributed by atoms with Crippen LogP contribution in [0.3, 0.4) is 0 Å². The molecule has 4 aromatic rings. The van der Waals surface area contributed by atoms with Crippen molar-refractivity contribution in [2.45, 2.75) is 13.5 Å². The summed E-state index contributed by atoms with van der Waals surface area (Å²) in [6, 6.07) is 41.7. The summed E-state index contributed by atoms with van der Waals surface area (Å²) >= 11 is 0. The Kier molecular flexibility index (Phi) is 6.20. The van der Waals surface area contributed by atoms with E-state index in [1.165, 1.54) is 26.8 Å². The van der Waals surface area contributed by atoms with Gasteiger partial charge in [0, 0.05) is 12.2 Å². The topological polar surface area (TPSA) is 9.23 Å². The van der Waals surface area contributed by atoms with Crippen molar-refractivity contribution in [3.05, 3.63) is 121 Å². The molecule has 0 aliphatic carbocycles. The van der Waals surface area contributed by atoms with Crippen LogP contribution in [-0.2, 0) is 11.3 Å². The average molecular weight is 397 g/mol. The molecule has 0 saturated heterocycles. The van der Waals surface area contributed by atoms with E-state index >= 15 is 0 Å². The highest BCUT2D eigenvalue weighted by atomic mass is 31.2. The second-order valence-corrected chi connectivity index (χ2v) is 10.3. The van der Waals surface area contributed by atoms with E-state index in [9.17, 15) is 0 Å². The summed E-state index contributed by atoms with van der Waals surface area (Å²) in [5, 5.41) is 5.46.